The number of rotatable bonds is 11. The second kappa shape index (κ2) is 18.0. The van der Waals surface area contributed by atoms with Crippen LogP contribution in [0.2, 0.25) is 0 Å². The molecule has 0 aliphatic rings. The van der Waals surface area contributed by atoms with Gasteiger partial charge in [-0.2, -0.15) is 0 Å². The number of para-hydroxylation sites is 1. The Bertz CT molecular complexity index is 3810. The summed E-state index contributed by atoms with van der Waals surface area (Å²) in [6, 6.07) is 74.8. The van der Waals surface area contributed by atoms with Crippen molar-refractivity contribution in [2.24, 2.45) is 4.99 Å². The van der Waals surface area contributed by atoms with E-state index in [0.717, 1.165) is 85.2 Å². The molecule has 1 atom stereocenters. The van der Waals surface area contributed by atoms with E-state index in [-0.39, 0.29) is 5.92 Å². The van der Waals surface area contributed by atoms with Crippen molar-refractivity contribution < 1.29 is 4.42 Å². The Kier molecular flexibility index (Phi) is 11.2. The van der Waals surface area contributed by atoms with Crippen LogP contribution in [0.25, 0.3) is 87.8 Å². The molecule has 11 rings (SSSR count). The van der Waals surface area contributed by atoms with E-state index >= 15 is 0 Å². The number of benzene rings is 10. The summed E-state index contributed by atoms with van der Waals surface area (Å²) < 4.78 is 6.90. The van der Waals surface area contributed by atoms with Gasteiger partial charge in [0.25, 0.3) is 0 Å². The molecule has 0 aliphatic heterocycles. The van der Waals surface area contributed by atoms with Crippen LogP contribution in [0.1, 0.15) is 72.9 Å². The first-order valence-electron chi connectivity index (χ1n) is 24.0. The first kappa shape index (κ1) is 42.6. The highest BCUT2D eigenvalue weighted by atomic mass is 16.3. The van der Waals surface area contributed by atoms with Gasteiger partial charge in [-0.1, -0.05) is 184 Å². The summed E-state index contributed by atoms with van der Waals surface area (Å²) in [4.78, 5) is 5.68. The van der Waals surface area contributed by atoms with Crippen molar-refractivity contribution >= 4 is 71.2 Å². The third kappa shape index (κ3) is 7.72. The van der Waals surface area contributed by atoms with E-state index < -0.39 is 0 Å². The van der Waals surface area contributed by atoms with E-state index in [9.17, 15) is 0 Å². The van der Waals surface area contributed by atoms with Crippen LogP contribution in [-0.2, 0) is 0 Å². The van der Waals surface area contributed by atoms with Gasteiger partial charge in [-0.05, 0) is 157 Å². The van der Waals surface area contributed by atoms with Crippen molar-refractivity contribution in [1.29, 1.82) is 0 Å². The lowest BCUT2D eigenvalue weighted by molar-refractivity contribution is 0.667. The highest BCUT2D eigenvalue weighted by Gasteiger charge is 2.25. The maximum absolute atomic E-state index is 6.90. The van der Waals surface area contributed by atoms with Gasteiger partial charge in [0.05, 0.1) is 5.70 Å². The molecule has 1 heterocycles. The van der Waals surface area contributed by atoms with Crippen molar-refractivity contribution in [3.05, 3.63) is 252 Å². The summed E-state index contributed by atoms with van der Waals surface area (Å²) in [6.07, 6.45) is 1.65. The molecule has 0 aliphatic carbocycles. The number of hydrogen-bond donors (Lipinski definition) is 0. The van der Waals surface area contributed by atoms with E-state index in [1.165, 1.54) is 60.1 Å². The molecular formula is C66H53NO. The number of allylic oxidation sites excluding steroid dienone is 2. The molecule has 0 saturated carbocycles. The van der Waals surface area contributed by atoms with Crippen LogP contribution in [0.3, 0.4) is 0 Å². The predicted molar refractivity (Wildman–Crippen MR) is 292 cm³/mol. The standard InChI is InChI=1S/C66H53NO/c1-6-55(59-38-50-25-13-14-26-51(50)39-60(59)64-42(3)32-33-47-23-15-16-29-56(47)64)54-40-58(66-61(41-54)57-30-17-18-31-63(57)68-66)43(4)44(5)65(53-28-19-27-49(37-53)45-20-9-8-10-21-45)67-62(7-2)52-35-34-46-22-11-12-24-48(46)36-52/h8-41,55H,4,6-7H2,1-3,5H3/b65-44-,67-62?. The number of furan rings is 1. The smallest absolute Gasteiger partial charge is 0.143 e. The monoisotopic (exact) mass is 875 g/mol. The SMILES string of the molecule is C=C(/C(C)=C(\N=C(CC)c1ccc2ccccc2c1)c1cccc(-c2ccccc2)c1)c1cc(C(CC)c2cc3ccccc3cc2-c2c(C)ccc3ccccc23)cc2c1oc1ccccc12. The Hall–Kier alpha value is -8.07. The number of fused-ring (bicyclic) bond motifs is 6. The first-order chi connectivity index (χ1) is 33.4. The van der Waals surface area contributed by atoms with Gasteiger partial charge in [0.15, 0.2) is 0 Å². The third-order valence-electron chi connectivity index (χ3n) is 14.1. The summed E-state index contributed by atoms with van der Waals surface area (Å²) in [5.74, 6) is 0.0570. The van der Waals surface area contributed by atoms with Gasteiger partial charge in [0.1, 0.15) is 11.2 Å². The molecule has 0 N–H and O–H groups in total. The maximum Gasteiger partial charge on any atom is 0.143 e. The Labute approximate surface area is 399 Å². The van der Waals surface area contributed by atoms with Gasteiger partial charge >= 0.3 is 0 Å². The van der Waals surface area contributed by atoms with Gasteiger partial charge in [0.2, 0.25) is 0 Å². The Balaban J connectivity index is 1.14. The van der Waals surface area contributed by atoms with Crippen molar-refractivity contribution in [1.82, 2.24) is 0 Å². The molecule has 1 aromatic heterocycles. The molecule has 0 amide bonds. The van der Waals surface area contributed by atoms with Gasteiger partial charge in [-0.3, -0.25) is 4.99 Å². The van der Waals surface area contributed by atoms with Crippen LogP contribution in [0.4, 0.5) is 0 Å². The molecule has 0 fully saturated rings. The number of aryl methyl sites for hydroxylation is 1. The topological polar surface area (TPSA) is 25.5 Å². The summed E-state index contributed by atoms with van der Waals surface area (Å²) in [5.41, 5.74) is 17.3. The molecule has 0 bridgehead atoms. The van der Waals surface area contributed by atoms with E-state index in [1.54, 1.807) is 0 Å². The Morgan fingerprint density at radius 2 is 1.19 bits per heavy atom. The van der Waals surface area contributed by atoms with E-state index in [4.69, 9.17) is 16.0 Å². The normalized spacial score (nSPS) is 12.9. The van der Waals surface area contributed by atoms with Crippen molar-refractivity contribution in [3.63, 3.8) is 0 Å². The fourth-order valence-electron chi connectivity index (χ4n) is 10.4. The average Bonchev–Trinajstić information content (AvgIpc) is 3.77. The van der Waals surface area contributed by atoms with Crippen LogP contribution in [0.5, 0.6) is 0 Å². The van der Waals surface area contributed by atoms with Crippen LogP contribution in [-0.4, -0.2) is 5.71 Å². The molecule has 0 saturated heterocycles. The Morgan fingerprint density at radius 3 is 1.96 bits per heavy atom. The van der Waals surface area contributed by atoms with Crippen LogP contribution >= 0.6 is 0 Å². The second-order valence-electron chi connectivity index (χ2n) is 18.1. The Morgan fingerprint density at radius 1 is 0.544 bits per heavy atom. The number of hydrogen-bond acceptors (Lipinski definition) is 2. The molecular weight excluding hydrogens is 823 g/mol. The molecule has 1 unspecified atom stereocenters. The third-order valence-corrected chi connectivity index (χ3v) is 14.1. The van der Waals surface area contributed by atoms with E-state index in [1.807, 2.05) is 0 Å². The lowest BCUT2D eigenvalue weighted by Gasteiger charge is -2.24. The summed E-state index contributed by atoms with van der Waals surface area (Å²) in [5, 5.41) is 9.58. The zero-order valence-corrected chi connectivity index (χ0v) is 39.2. The predicted octanol–water partition coefficient (Wildman–Crippen LogP) is 18.6. The molecule has 0 spiro atoms. The number of nitrogens with zero attached hydrogens (tertiary/aromatic N) is 1. The first-order valence-corrected chi connectivity index (χ1v) is 24.0. The molecule has 68 heavy (non-hydrogen) atoms. The minimum Gasteiger partial charge on any atom is -0.455 e. The summed E-state index contributed by atoms with van der Waals surface area (Å²) >= 11 is 0. The van der Waals surface area contributed by atoms with Gasteiger partial charge in [-0.25, -0.2) is 0 Å². The fourth-order valence-corrected chi connectivity index (χ4v) is 10.4. The fraction of sp³-hybridized carbons (Fsp3) is 0.106. The van der Waals surface area contributed by atoms with E-state index in [2.05, 4.69) is 234 Å². The number of aliphatic imine (C=N–C) groups is 1. The van der Waals surface area contributed by atoms with Crippen molar-refractivity contribution in [2.45, 2.75) is 46.5 Å². The van der Waals surface area contributed by atoms with Crippen LogP contribution < -0.4 is 0 Å². The van der Waals surface area contributed by atoms with Crippen LogP contribution in [0, 0.1) is 6.92 Å². The minimum absolute atomic E-state index is 0.0570. The molecule has 10 aromatic carbocycles. The largest absolute Gasteiger partial charge is 0.455 e. The lowest BCUT2D eigenvalue weighted by atomic mass is 9.79. The maximum atomic E-state index is 6.90. The quantitative estimate of drug-likeness (QED) is 0.0939. The van der Waals surface area contributed by atoms with Crippen molar-refractivity contribution in [2.75, 3.05) is 0 Å². The molecule has 2 nitrogen and oxygen atoms in total. The summed E-state index contributed by atoms with van der Waals surface area (Å²) in [6.45, 7) is 13.9. The highest BCUT2D eigenvalue weighted by molar-refractivity contribution is 6.11. The molecule has 0 radical (unpaired) electrons. The molecule has 328 valence electrons. The lowest BCUT2D eigenvalue weighted by Crippen LogP contribution is -2.05. The van der Waals surface area contributed by atoms with Gasteiger partial charge in [0, 0.05) is 33.5 Å². The highest BCUT2D eigenvalue weighted by Crippen LogP contribution is 2.46. The second-order valence-corrected chi connectivity index (χ2v) is 18.1. The molecule has 11 aromatic rings. The zero-order chi connectivity index (χ0) is 46.3. The van der Waals surface area contributed by atoms with Gasteiger partial charge < -0.3 is 4.42 Å². The van der Waals surface area contributed by atoms with E-state index in [0.29, 0.717) is 0 Å². The average molecular weight is 876 g/mol. The van der Waals surface area contributed by atoms with Crippen LogP contribution in [0.15, 0.2) is 228 Å². The zero-order valence-electron chi connectivity index (χ0n) is 39.2. The van der Waals surface area contributed by atoms with Gasteiger partial charge in [-0.15, -0.1) is 0 Å². The molecule has 2 heteroatoms. The minimum atomic E-state index is 0.0570. The summed E-state index contributed by atoms with van der Waals surface area (Å²) in [7, 11) is 0. The van der Waals surface area contributed by atoms with Crippen molar-refractivity contribution in [3.8, 4) is 22.3 Å².